The Labute approximate surface area is 122 Å². The summed E-state index contributed by atoms with van der Waals surface area (Å²) >= 11 is 0. The van der Waals surface area contributed by atoms with E-state index in [0.29, 0.717) is 7.92 Å². The van der Waals surface area contributed by atoms with E-state index in [0.717, 1.165) is 0 Å². The normalized spacial score (nSPS) is 12.1. The fourth-order valence-electron chi connectivity index (χ4n) is 2.71. The summed E-state index contributed by atoms with van der Waals surface area (Å²) in [5.74, 6) is 0. The van der Waals surface area contributed by atoms with Crippen molar-refractivity contribution in [1.82, 2.24) is 0 Å². The van der Waals surface area contributed by atoms with Crippen molar-refractivity contribution in [3.63, 3.8) is 0 Å². The van der Waals surface area contributed by atoms with Crippen LogP contribution in [0.1, 0.15) is 33.3 Å². The van der Waals surface area contributed by atoms with Crippen LogP contribution in [0, 0.1) is 0 Å². The van der Waals surface area contributed by atoms with Crippen LogP contribution in [0.2, 0.25) is 0 Å². The molecule has 0 N–H and O–H groups in total. The molecule has 1 aromatic carbocycles. The number of rotatable bonds is 9. The molecule has 108 valence electrons. The third-order valence-corrected chi connectivity index (χ3v) is 12.4. The molecule has 0 spiro atoms. The van der Waals surface area contributed by atoms with E-state index in [1.165, 1.54) is 43.1 Å². The van der Waals surface area contributed by atoms with Gasteiger partial charge in [0.25, 0.3) is 0 Å². The summed E-state index contributed by atoms with van der Waals surface area (Å²) in [6, 6.07) is 11.2. The SMILES string of the molecule is CCP(CC)CC[P+](CC)(CC)Cc1ccccc1. The van der Waals surface area contributed by atoms with Crippen LogP contribution < -0.4 is 0 Å². The molecule has 0 heterocycles. The molecule has 0 aliphatic carbocycles. The zero-order valence-electron chi connectivity index (χ0n) is 13.2. The minimum Gasteiger partial charge on any atom is -0.104 e. The van der Waals surface area contributed by atoms with E-state index < -0.39 is 7.26 Å². The Morgan fingerprint density at radius 1 is 0.895 bits per heavy atom. The maximum absolute atomic E-state index is 2.43. The van der Waals surface area contributed by atoms with Crippen LogP contribution in [-0.2, 0) is 6.16 Å². The molecule has 0 bridgehead atoms. The summed E-state index contributed by atoms with van der Waals surface area (Å²) in [5, 5.41) is 0. The number of hydrogen-bond acceptors (Lipinski definition) is 0. The fraction of sp³-hybridized carbons (Fsp3) is 0.647. The summed E-state index contributed by atoms with van der Waals surface area (Å²) in [5.41, 5.74) is 1.57. The van der Waals surface area contributed by atoms with E-state index in [4.69, 9.17) is 0 Å². The second-order valence-corrected chi connectivity index (χ2v) is 13.1. The number of hydrogen-bond donors (Lipinski definition) is 0. The minimum absolute atomic E-state index is 0.321. The summed E-state index contributed by atoms with van der Waals surface area (Å²) in [7, 11) is -0.423. The molecular weight excluding hydrogens is 266 g/mol. The zero-order valence-corrected chi connectivity index (χ0v) is 15.0. The van der Waals surface area contributed by atoms with Gasteiger partial charge in [-0.25, -0.2) is 0 Å². The molecule has 0 radical (unpaired) electrons. The first-order valence-corrected chi connectivity index (χ1v) is 12.2. The molecule has 0 fully saturated rings. The summed E-state index contributed by atoms with van der Waals surface area (Å²) in [6.07, 6.45) is 10.1. The molecule has 0 aliphatic rings. The van der Waals surface area contributed by atoms with Gasteiger partial charge in [-0.3, -0.25) is 0 Å². The third kappa shape index (κ3) is 5.53. The number of benzene rings is 1. The first kappa shape index (κ1) is 17.1. The van der Waals surface area contributed by atoms with Crippen molar-refractivity contribution in [3.8, 4) is 0 Å². The zero-order chi connectivity index (χ0) is 14.1. The van der Waals surface area contributed by atoms with E-state index >= 15 is 0 Å². The maximum Gasteiger partial charge on any atom is 0.0842 e. The van der Waals surface area contributed by atoms with Gasteiger partial charge in [-0.1, -0.05) is 44.2 Å². The average Bonchev–Trinajstić information content (AvgIpc) is 2.48. The van der Waals surface area contributed by atoms with Crippen LogP contribution in [-0.4, -0.2) is 37.0 Å². The van der Waals surface area contributed by atoms with Crippen LogP contribution in [0.3, 0.4) is 0 Å². The van der Waals surface area contributed by atoms with Crippen LogP contribution >= 0.6 is 15.2 Å². The molecule has 0 atom stereocenters. The molecule has 0 nitrogen and oxygen atoms in total. The predicted molar refractivity (Wildman–Crippen MR) is 95.9 cm³/mol. The van der Waals surface area contributed by atoms with E-state index in [2.05, 4.69) is 58.0 Å². The van der Waals surface area contributed by atoms with Gasteiger partial charge in [0.1, 0.15) is 0 Å². The summed E-state index contributed by atoms with van der Waals surface area (Å²) in [4.78, 5) is 0. The first-order chi connectivity index (χ1) is 9.19. The molecule has 0 saturated heterocycles. The second-order valence-electron chi connectivity index (χ2n) is 5.37. The van der Waals surface area contributed by atoms with Gasteiger partial charge in [0.2, 0.25) is 0 Å². The second kappa shape index (κ2) is 9.10. The van der Waals surface area contributed by atoms with Crippen molar-refractivity contribution in [2.45, 2.75) is 33.9 Å². The van der Waals surface area contributed by atoms with Gasteiger partial charge in [-0.05, 0) is 31.7 Å². The van der Waals surface area contributed by atoms with E-state index in [-0.39, 0.29) is 0 Å². The van der Waals surface area contributed by atoms with Crippen molar-refractivity contribution >= 4 is 15.2 Å². The highest BCUT2D eigenvalue weighted by atomic mass is 31.2. The fourth-order valence-corrected chi connectivity index (χ4v) is 9.29. The van der Waals surface area contributed by atoms with Gasteiger partial charge < -0.3 is 0 Å². The Morgan fingerprint density at radius 2 is 1.47 bits per heavy atom. The monoisotopic (exact) mass is 297 g/mol. The lowest BCUT2D eigenvalue weighted by Gasteiger charge is -2.27. The van der Waals surface area contributed by atoms with Crippen LogP contribution in [0.15, 0.2) is 30.3 Å². The van der Waals surface area contributed by atoms with Gasteiger partial charge in [0.05, 0.1) is 24.6 Å². The average molecular weight is 297 g/mol. The van der Waals surface area contributed by atoms with E-state index in [9.17, 15) is 0 Å². The summed E-state index contributed by atoms with van der Waals surface area (Å²) in [6.45, 7) is 9.62. The standard InChI is InChI=1S/C17H31P2/c1-5-18(6-2)14-15-19(7-3,8-4)16-17-12-10-9-11-13-17/h9-13H,5-8,14-16H2,1-4H3/q+1. The summed E-state index contributed by atoms with van der Waals surface area (Å²) < 4.78 is 0. The van der Waals surface area contributed by atoms with Gasteiger partial charge in [-0.15, -0.1) is 7.92 Å². The van der Waals surface area contributed by atoms with Gasteiger partial charge in [0, 0.05) is 13.4 Å². The Balaban J connectivity index is 2.68. The third-order valence-electron chi connectivity index (χ3n) is 4.49. The molecule has 0 saturated carbocycles. The molecule has 19 heavy (non-hydrogen) atoms. The lowest BCUT2D eigenvalue weighted by Crippen LogP contribution is -2.11. The van der Waals surface area contributed by atoms with Crippen molar-refractivity contribution in [1.29, 1.82) is 0 Å². The van der Waals surface area contributed by atoms with Crippen molar-refractivity contribution < 1.29 is 0 Å². The highest BCUT2D eigenvalue weighted by molar-refractivity contribution is 7.75. The van der Waals surface area contributed by atoms with Gasteiger partial charge in [0.15, 0.2) is 0 Å². The van der Waals surface area contributed by atoms with Gasteiger partial charge >= 0.3 is 0 Å². The Hall–Kier alpha value is 0.0800. The van der Waals surface area contributed by atoms with Crippen LogP contribution in [0.5, 0.6) is 0 Å². The Bertz CT molecular complexity index is 326. The topological polar surface area (TPSA) is 0 Å². The quantitative estimate of drug-likeness (QED) is 0.508. The van der Waals surface area contributed by atoms with E-state index in [1.54, 1.807) is 5.56 Å². The molecule has 1 aromatic rings. The molecule has 2 heteroatoms. The molecular formula is C17H31P2+. The lowest BCUT2D eigenvalue weighted by molar-refractivity contribution is 1.22. The van der Waals surface area contributed by atoms with Crippen LogP contribution in [0.4, 0.5) is 0 Å². The lowest BCUT2D eigenvalue weighted by atomic mass is 10.2. The maximum atomic E-state index is 2.43. The minimum atomic E-state index is -0.744. The Morgan fingerprint density at radius 3 is 1.95 bits per heavy atom. The highest BCUT2D eigenvalue weighted by Crippen LogP contribution is 2.62. The molecule has 0 amide bonds. The van der Waals surface area contributed by atoms with Gasteiger partial charge in [-0.2, -0.15) is 0 Å². The van der Waals surface area contributed by atoms with Crippen molar-refractivity contribution in [3.05, 3.63) is 35.9 Å². The molecule has 0 aliphatic heterocycles. The van der Waals surface area contributed by atoms with Crippen molar-refractivity contribution in [2.24, 2.45) is 0 Å². The van der Waals surface area contributed by atoms with E-state index in [1.807, 2.05) is 0 Å². The largest absolute Gasteiger partial charge is 0.104 e. The highest BCUT2D eigenvalue weighted by Gasteiger charge is 2.33. The van der Waals surface area contributed by atoms with Crippen molar-refractivity contribution in [2.75, 3.05) is 37.0 Å². The van der Waals surface area contributed by atoms with Crippen LogP contribution in [0.25, 0.3) is 0 Å². The molecule has 0 unspecified atom stereocenters. The predicted octanol–water partition coefficient (Wildman–Crippen LogP) is 5.77. The molecule has 0 aromatic heterocycles. The first-order valence-electron chi connectivity index (χ1n) is 7.81. The Kier molecular flexibility index (Phi) is 8.20. The molecule has 1 rings (SSSR count). The smallest absolute Gasteiger partial charge is 0.0842 e.